The third-order valence-electron chi connectivity index (χ3n) is 5.47. The molecule has 0 aromatic rings. The fourth-order valence-electron chi connectivity index (χ4n) is 3.95. The van der Waals surface area contributed by atoms with Gasteiger partial charge in [0, 0.05) is 19.7 Å². The minimum atomic E-state index is -0.319. The Balaban J connectivity index is 1.74. The molecule has 2 amide bonds. The molecule has 0 aromatic carbocycles. The second-order valence-corrected chi connectivity index (χ2v) is 7.42. The number of carbonyl (C=O) groups is 2. The van der Waals surface area contributed by atoms with E-state index in [1.54, 1.807) is 6.92 Å². The van der Waals surface area contributed by atoms with Crippen LogP contribution >= 0.6 is 0 Å². The molecule has 142 valence electrons. The SMILES string of the molecule is C=CCCCOC1CCN(C(=O)NC(C(C)=O)C2CCCCC2)CC1. The Morgan fingerprint density at radius 2 is 1.88 bits per heavy atom. The number of amides is 2. The summed E-state index contributed by atoms with van der Waals surface area (Å²) in [7, 11) is 0. The Morgan fingerprint density at radius 3 is 2.48 bits per heavy atom. The van der Waals surface area contributed by atoms with E-state index in [1.165, 1.54) is 19.3 Å². The van der Waals surface area contributed by atoms with Crippen molar-refractivity contribution in [1.82, 2.24) is 10.2 Å². The van der Waals surface area contributed by atoms with Crippen molar-refractivity contribution >= 4 is 11.8 Å². The van der Waals surface area contributed by atoms with Gasteiger partial charge >= 0.3 is 6.03 Å². The Hall–Kier alpha value is -1.36. The summed E-state index contributed by atoms with van der Waals surface area (Å²) < 4.78 is 5.87. The number of unbranched alkanes of at least 4 members (excludes halogenated alkanes) is 1. The van der Waals surface area contributed by atoms with Crippen LogP contribution in [0.4, 0.5) is 4.79 Å². The van der Waals surface area contributed by atoms with Gasteiger partial charge in [0.15, 0.2) is 5.78 Å². The predicted octanol–water partition coefficient (Wildman–Crippen LogP) is 3.68. The van der Waals surface area contributed by atoms with Crippen LogP contribution in [-0.2, 0) is 9.53 Å². The average molecular weight is 351 g/mol. The zero-order chi connectivity index (χ0) is 18.1. The molecule has 2 aliphatic rings. The molecule has 1 N–H and O–H groups in total. The highest BCUT2D eigenvalue weighted by atomic mass is 16.5. The standard InChI is InChI=1S/C20H34N2O3/c1-3-4-8-15-25-18-11-13-22(14-12-18)20(24)21-19(16(2)23)17-9-6-5-7-10-17/h3,17-19H,1,4-15H2,2H3,(H,21,24). The van der Waals surface area contributed by atoms with Crippen molar-refractivity contribution in [2.45, 2.75) is 76.9 Å². The molecule has 5 heteroatoms. The number of hydrogen-bond donors (Lipinski definition) is 1. The van der Waals surface area contributed by atoms with Crippen molar-refractivity contribution in [3.05, 3.63) is 12.7 Å². The topological polar surface area (TPSA) is 58.6 Å². The van der Waals surface area contributed by atoms with Gasteiger partial charge in [0.25, 0.3) is 0 Å². The van der Waals surface area contributed by atoms with Gasteiger partial charge in [0.05, 0.1) is 12.1 Å². The summed E-state index contributed by atoms with van der Waals surface area (Å²) in [5.41, 5.74) is 0. The van der Waals surface area contributed by atoms with Gasteiger partial charge in [-0.1, -0.05) is 25.3 Å². The molecule has 0 spiro atoms. The molecule has 1 aliphatic heterocycles. The Morgan fingerprint density at radius 1 is 1.20 bits per heavy atom. The number of nitrogens with one attached hydrogen (secondary N) is 1. The second kappa shape index (κ2) is 10.6. The van der Waals surface area contributed by atoms with Crippen LogP contribution in [0.2, 0.25) is 0 Å². The summed E-state index contributed by atoms with van der Waals surface area (Å²) in [6, 6.07) is -0.406. The zero-order valence-electron chi connectivity index (χ0n) is 15.7. The van der Waals surface area contributed by atoms with E-state index in [4.69, 9.17) is 4.74 Å². The van der Waals surface area contributed by atoms with Crippen molar-refractivity contribution in [2.75, 3.05) is 19.7 Å². The third-order valence-corrected chi connectivity index (χ3v) is 5.47. The first-order valence-corrected chi connectivity index (χ1v) is 9.90. The largest absolute Gasteiger partial charge is 0.378 e. The van der Waals surface area contributed by atoms with Gasteiger partial charge in [-0.15, -0.1) is 6.58 Å². The molecule has 1 saturated heterocycles. The average Bonchev–Trinajstić information content (AvgIpc) is 2.64. The number of Topliss-reactive ketones (excluding diaryl/α,β-unsaturated/α-hetero) is 1. The van der Waals surface area contributed by atoms with Crippen LogP contribution in [0.15, 0.2) is 12.7 Å². The first-order valence-electron chi connectivity index (χ1n) is 9.90. The van der Waals surface area contributed by atoms with Gasteiger partial charge in [-0.3, -0.25) is 4.79 Å². The maximum Gasteiger partial charge on any atom is 0.317 e. The maximum atomic E-state index is 12.6. The third kappa shape index (κ3) is 6.46. The molecule has 1 heterocycles. The molecule has 1 saturated carbocycles. The van der Waals surface area contributed by atoms with Crippen molar-refractivity contribution in [2.24, 2.45) is 5.92 Å². The number of ether oxygens (including phenoxy) is 1. The fourth-order valence-corrected chi connectivity index (χ4v) is 3.95. The summed E-state index contributed by atoms with van der Waals surface area (Å²) in [5.74, 6) is 0.390. The quantitative estimate of drug-likeness (QED) is 0.536. The smallest absolute Gasteiger partial charge is 0.317 e. The summed E-state index contributed by atoms with van der Waals surface area (Å²) in [6.07, 6.45) is 11.6. The molecule has 0 aromatic heterocycles. The van der Waals surface area contributed by atoms with Crippen LogP contribution in [0.5, 0.6) is 0 Å². The highest BCUT2D eigenvalue weighted by Gasteiger charge is 2.31. The molecule has 1 unspecified atom stereocenters. The van der Waals surface area contributed by atoms with E-state index < -0.39 is 0 Å². The van der Waals surface area contributed by atoms with Crippen LogP contribution in [0, 0.1) is 5.92 Å². The Kier molecular flexibility index (Phi) is 8.45. The lowest BCUT2D eigenvalue weighted by Crippen LogP contribution is -2.53. The number of allylic oxidation sites excluding steroid dienone is 1. The predicted molar refractivity (Wildman–Crippen MR) is 99.6 cm³/mol. The molecule has 0 radical (unpaired) electrons. The minimum Gasteiger partial charge on any atom is -0.378 e. The number of carbonyl (C=O) groups excluding carboxylic acids is 2. The Labute approximate surface area is 152 Å². The van der Waals surface area contributed by atoms with Gasteiger partial charge in [0.1, 0.15) is 0 Å². The molecule has 25 heavy (non-hydrogen) atoms. The maximum absolute atomic E-state index is 12.6. The van der Waals surface area contributed by atoms with E-state index in [9.17, 15) is 9.59 Å². The van der Waals surface area contributed by atoms with E-state index >= 15 is 0 Å². The fraction of sp³-hybridized carbons (Fsp3) is 0.800. The first-order chi connectivity index (χ1) is 12.1. The number of urea groups is 1. The summed E-state index contributed by atoms with van der Waals surface area (Å²) in [4.78, 5) is 26.4. The van der Waals surface area contributed by atoms with Gasteiger partial charge in [-0.25, -0.2) is 4.79 Å². The molecule has 5 nitrogen and oxygen atoms in total. The van der Waals surface area contributed by atoms with Crippen molar-refractivity contribution in [1.29, 1.82) is 0 Å². The van der Waals surface area contributed by atoms with Crippen molar-refractivity contribution in [3.8, 4) is 0 Å². The number of ketones is 1. The number of hydrogen-bond acceptors (Lipinski definition) is 3. The minimum absolute atomic E-state index is 0.0840. The van der Waals surface area contributed by atoms with Crippen LogP contribution in [0.3, 0.4) is 0 Å². The number of nitrogens with zero attached hydrogens (tertiary/aromatic N) is 1. The lowest BCUT2D eigenvalue weighted by molar-refractivity contribution is -0.120. The zero-order valence-corrected chi connectivity index (χ0v) is 15.7. The number of piperidine rings is 1. The Bertz CT molecular complexity index is 438. The lowest BCUT2D eigenvalue weighted by Gasteiger charge is -2.35. The van der Waals surface area contributed by atoms with Crippen LogP contribution in [0.25, 0.3) is 0 Å². The molecular weight excluding hydrogens is 316 g/mol. The van der Waals surface area contributed by atoms with Gasteiger partial charge in [-0.05, 0) is 51.4 Å². The summed E-state index contributed by atoms with van der Waals surface area (Å²) >= 11 is 0. The number of rotatable bonds is 8. The highest BCUT2D eigenvalue weighted by Crippen LogP contribution is 2.27. The lowest BCUT2D eigenvalue weighted by atomic mass is 9.82. The van der Waals surface area contributed by atoms with Gasteiger partial charge in [0.2, 0.25) is 0 Å². The van der Waals surface area contributed by atoms with Crippen LogP contribution < -0.4 is 5.32 Å². The van der Waals surface area contributed by atoms with E-state index in [-0.39, 0.29) is 24.0 Å². The molecule has 1 aliphatic carbocycles. The van der Waals surface area contributed by atoms with Crippen LogP contribution in [-0.4, -0.2) is 48.6 Å². The number of likely N-dealkylation sites (tertiary alicyclic amines) is 1. The summed E-state index contributed by atoms with van der Waals surface area (Å²) in [5, 5.41) is 3.02. The van der Waals surface area contributed by atoms with E-state index in [1.807, 2.05) is 11.0 Å². The van der Waals surface area contributed by atoms with Crippen molar-refractivity contribution < 1.29 is 14.3 Å². The van der Waals surface area contributed by atoms with Crippen LogP contribution in [0.1, 0.15) is 64.7 Å². The van der Waals surface area contributed by atoms with Crippen molar-refractivity contribution in [3.63, 3.8) is 0 Å². The summed E-state index contributed by atoms with van der Waals surface area (Å²) in [6.45, 7) is 7.48. The first kappa shape index (κ1) is 20.0. The van der Waals surface area contributed by atoms with E-state index in [0.29, 0.717) is 19.0 Å². The monoisotopic (exact) mass is 350 g/mol. The molecule has 1 atom stereocenters. The van der Waals surface area contributed by atoms with E-state index in [2.05, 4.69) is 11.9 Å². The molecular formula is C20H34N2O3. The molecule has 0 bridgehead atoms. The van der Waals surface area contributed by atoms with Gasteiger partial charge in [-0.2, -0.15) is 0 Å². The molecule has 2 fully saturated rings. The van der Waals surface area contributed by atoms with E-state index in [0.717, 1.165) is 45.1 Å². The van der Waals surface area contributed by atoms with Gasteiger partial charge < -0.3 is 15.0 Å². The highest BCUT2D eigenvalue weighted by molar-refractivity contribution is 5.87. The molecule has 2 rings (SSSR count). The second-order valence-electron chi connectivity index (χ2n) is 7.42. The normalized spacial score (nSPS) is 20.9.